The van der Waals surface area contributed by atoms with Gasteiger partial charge in [-0.25, -0.2) is 0 Å². The fourth-order valence-electron chi connectivity index (χ4n) is 1.77. The molecule has 0 aliphatic heterocycles. The van der Waals surface area contributed by atoms with Gasteiger partial charge in [-0.1, -0.05) is 19.1 Å². The van der Waals surface area contributed by atoms with E-state index < -0.39 is 0 Å². The van der Waals surface area contributed by atoms with Crippen molar-refractivity contribution in [1.29, 1.82) is 0 Å². The normalized spacial score (nSPS) is 14.7. The molecule has 0 aromatic heterocycles. The molecule has 1 aromatic rings. The first-order valence-corrected chi connectivity index (χ1v) is 6.55. The number of nitrogens with one attached hydrogen (secondary N) is 1. The van der Waals surface area contributed by atoms with Gasteiger partial charge in [-0.15, -0.1) is 0 Å². The highest BCUT2D eigenvalue weighted by Crippen LogP contribution is 2.20. The summed E-state index contributed by atoms with van der Waals surface area (Å²) in [6.45, 7) is 10.7. The van der Waals surface area contributed by atoms with Crippen molar-refractivity contribution in [3.05, 3.63) is 29.8 Å². The van der Waals surface area contributed by atoms with Gasteiger partial charge in [0, 0.05) is 12.1 Å². The summed E-state index contributed by atoms with van der Waals surface area (Å²) in [5.74, 6) is 0.954. The first-order valence-electron chi connectivity index (χ1n) is 6.55. The van der Waals surface area contributed by atoms with Crippen molar-refractivity contribution in [2.45, 2.75) is 59.2 Å². The lowest BCUT2D eigenvalue weighted by Gasteiger charge is -2.20. The van der Waals surface area contributed by atoms with E-state index in [4.69, 9.17) is 4.74 Å². The third kappa shape index (κ3) is 4.78. The van der Waals surface area contributed by atoms with Crippen LogP contribution >= 0.6 is 0 Å². The van der Waals surface area contributed by atoms with Crippen molar-refractivity contribution in [3.63, 3.8) is 0 Å². The van der Waals surface area contributed by atoms with E-state index in [1.807, 2.05) is 19.9 Å². The molecule has 0 unspecified atom stereocenters. The second-order valence-corrected chi connectivity index (χ2v) is 4.94. The monoisotopic (exact) mass is 235 g/mol. The summed E-state index contributed by atoms with van der Waals surface area (Å²) in [6, 6.07) is 9.24. The Balaban J connectivity index is 2.70. The quantitative estimate of drug-likeness (QED) is 0.807. The Hall–Kier alpha value is -1.02. The highest BCUT2D eigenvalue weighted by molar-refractivity contribution is 5.30. The topological polar surface area (TPSA) is 21.3 Å². The first kappa shape index (κ1) is 14.0. The van der Waals surface area contributed by atoms with Crippen LogP contribution in [0.15, 0.2) is 24.3 Å². The molecule has 0 spiro atoms. The van der Waals surface area contributed by atoms with E-state index in [-0.39, 0.29) is 6.10 Å². The number of rotatable bonds is 6. The number of ether oxygens (including phenoxy) is 1. The van der Waals surface area contributed by atoms with Crippen LogP contribution < -0.4 is 10.1 Å². The Kier molecular flexibility index (Phi) is 5.49. The molecule has 0 aliphatic carbocycles. The van der Waals surface area contributed by atoms with E-state index in [0.717, 1.165) is 12.2 Å². The van der Waals surface area contributed by atoms with Crippen LogP contribution in [0.1, 0.15) is 52.6 Å². The molecule has 0 fully saturated rings. The zero-order valence-corrected chi connectivity index (χ0v) is 11.7. The van der Waals surface area contributed by atoms with Crippen LogP contribution in [0.4, 0.5) is 0 Å². The number of benzene rings is 1. The molecule has 96 valence electrons. The Labute approximate surface area is 105 Å². The van der Waals surface area contributed by atoms with Crippen LogP contribution in [0.3, 0.4) is 0 Å². The smallest absolute Gasteiger partial charge is 0.120 e. The fraction of sp³-hybridized carbons (Fsp3) is 0.600. The van der Waals surface area contributed by atoms with Crippen LogP contribution in [0.5, 0.6) is 5.75 Å². The predicted octanol–water partition coefficient (Wildman–Crippen LogP) is 3.92. The van der Waals surface area contributed by atoms with Crippen LogP contribution in [0, 0.1) is 0 Å². The molecule has 2 heteroatoms. The lowest BCUT2D eigenvalue weighted by molar-refractivity contribution is 0.242. The van der Waals surface area contributed by atoms with Crippen molar-refractivity contribution in [2.75, 3.05) is 0 Å². The van der Waals surface area contributed by atoms with Crippen LogP contribution in [-0.4, -0.2) is 12.1 Å². The second-order valence-electron chi connectivity index (χ2n) is 4.94. The van der Waals surface area contributed by atoms with Gasteiger partial charge in [-0.3, -0.25) is 0 Å². The van der Waals surface area contributed by atoms with Crippen LogP contribution in [0.25, 0.3) is 0 Å². The van der Waals surface area contributed by atoms with Gasteiger partial charge in [-0.05, 0) is 51.8 Å². The molecular formula is C15H25NO. The largest absolute Gasteiger partial charge is 0.491 e. The van der Waals surface area contributed by atoms with E-state index in [1.54, 1.807) is 0 Å². The van der Waals surface area contributed by atoms with Gasteiger partial charge in [0.15, 0.2) is 0 Å². The average molecular weight is 235 g/mol. The van der Waals surface area contributed by atoms with Gasteiger partial charge >= 0.3 is 0 Å². The molecular weight excluding hydrogens is 210 g/mol. The summed E-state index contributed by atoms with van der Waals surface area (Å²) < 4.78 is 5.71. The maximum Gasteiger partial charge on any atom is 0.120 e. The van der Waals surface area contributed by atoms with Crippen molar-refractivity contribution >= 4 is 0 Å². The summed E-state index contributed by atoms with van der Waals surface area (Å²) in [7, 11) is 0. The molecule has 0 saturated carbocycles. The summed E-state index contributed by atoms with van der Waals surface area (Å²) in [5, 5.41) is 3.57. The van der Waals surface area contributed by atoms with Gasteiger partial charge in [0.1, 0.15) is 5.75 Å². The SMILES string of the molecule is CC[C@@H](C)N[C@H](C)c1cccc(OC(C)C)c1. The molecule has 1 rings (SSSR count). The van der Waals surface area contributed by atoms with Crippen LogP contribution in [0.2, 0.25) is 0 Å². The average Bonchev–Trinajstić information content (AvgIpc) is 2.28. The minimum Gasteiger partial charge on any atom is -0.491 e. The lowest BCUT2D eigenvalue weighted by atomic mass is 10.1. The van der Waals surface area contributed by atoms with E-state index in [2.05, 4.69) is 44.3 Å². The van der Waals surface area contributed by atoms with Gasteiger partial charge < -0.3 is 10.1 Å². The molecule has 0 bridgehead atoms. The minimum absolute atomic E-state index is 0.225. The molecule has 2 nitrogen and oxygen atoms in total. The molecule has 0 radical (unpaired) electrons. The molecule has 1 aromatic carbocycles. The Morgan fingerprint density at radius 1 is 1.18 bits per heavy atom. The highest BCUT2D eigenvalue weighted by Gasteiger charge is 2.09. The molecule has 0 amide bonds. The van der Waals surface area contributed by atoms with E-state index >= 15 is 0 Å². The third-order valence-corrected chi connectivity index (χ3v) is 2.88. The Morgan fingerprint density at radius 2 is 1.88 bits per heavy atom. The van der Waals surface area contributed by atoms with Crippen molar-refractivity contribution in [2.24, 2.45) is 0 Å². The maximum absolute atomic E-state index is 5.71. The van der Waals surface area contributed by atoms with Crippen molar-refractivity contribution in [3.8, 4) is 5.75 Å². The lowest BCUT2D eigenvalue weighted by Crippen LogP contribution is -2.28. The maximum atomic E-state index is 5.71. The zero-order valence-electron chi connectivity index (χ0n) is 11.7. The fourth-order valence-corrected chi connectivity index (χ4v) is 1.77. The van der Waals surface area contributed by atoms with Gasteiger partial charge in [-0.2, -0.15) is 0 Å². The highest BCUT2D eigenvalue weighted by atomic mass is 16.5. The van der Waals surface area contributed by atoms with Crippen molar-refractivity contribution < 1.29 is 4.74 Å². The third-order valence-electron chi connectivity index (χ3n) is 2.88. The predicted molar refractivity (Wildman–Crippen MR) is 73.5 cm³/mol. The minimum atomic E-state index is 0.225. The molecule has 0 saturated heterocycles. The second kappa shape index (κ2) is 6.65. The van der Waals surface area contributed by atoms with Gasteiger partial charge in [0.05, 0.1) is 6.10 Å². The number of hydrogen-bond donors (Lipinski definition) is 1. The Bertz CT molecular complexity index is 335. The summed E-state index contributed by atoms with van der Waals surface area (Å²) in [4.78, 5) is 0. The summed E-state index contributed by atoms with van der Waals surface area (Å²) in [5.41, 5.74) is 1.28. The molecule has 1 N–H and O–H groups in total. The molecule has 0 heterocycles. The van der Waals surface area contributed by atoms with E-state index in [1.165, 1.54) is 5.56 Å². The van der Waals surface area contributed by atoms with E-state index in [9.17, 15) is 0 Å². The molecule has 17 heavy (non-hydrogen) atoms. The Morgan fingerprint density at radius 3 is 2.47 bits per heavy atom. The molecule has 0 aliphatic rings. The van der Waals surface area contributed by atoms with Gasteiger partial charge in [0.25, 0.3) is 0 Å². The standard InChI is InChI=1S/C15H25NO/c1-6-12(4)16-13(5)14-8-7-9-15(10-14)17-11(2)3/h7-13,16H,6H2,1-5H3/t12-,13-/m1/s1. The summed E-state index contributed by atoms with van der Waals surface area (Å²) >= 11 is 0. The van der Waals surface area contributed by atoms with E-state index in [0.29, 0.717) is 12.1 Å². The molecule has 2 atom stereocenters. The van der Waals surface area contributed by atoms with Gasteiger partial charge in [0.2, 0.25) is 0 Å². The van der Waals surface area contributed by atoms with Crippen molar-refractivity contribution in [1.82, 2.24) is 5.32 Å². The van der Waals surface area contributed by atoms with Crippen LogP contribution in [-0.2, 0) is 0 Å². The number of hydrogen-bond acceptors (Lipinski definition) is 2. The zero-order chi connectivity index (χ0) is 12.8. The summed E-state index contributed by atoms with van der Waals surface area (Å²) in [6.07, 6.45) is 1.37. The first-order chi connectivity index (χ1) is 8.02.